The Bertz CT molecular complexity index is 586. The van der Waals surface area contributed by atoms with Crippen LogP contribution in [0.3, 0.4) is 0 Å². The smallest absolute Gasteiger partial charge is 0.149 e. The third-order valence-electron chi connectivity index (χ3n) is 4.56. The lowest BCUT2D eigenvalue weighted by atomic mass is 10.1. The van der Waals surface area contributed by atoms with Gasteiger partial charge in [0.1, 0.15) is 5.82 Å². The van der Waals surface area contributed by atoms with Crippen molar-refractivity contribution in [2.75, 3.05) is 25.0 Å². The Hall–Kier alpha value is -1.94. The number of hydrogen-bond acceptors (Lipinski definition) is 4. The second kappa shape index (κ2) is 13.3. The third kappa shape index (κ3) is 8.43. The molecule has 0 aliphatic heterocycles. The van der Waals surface area contributed by atoms with Gasteiger partial charge >= 0.3 is 0 Å². The van der Waals surface area contributed by atoms with Gasteiger partial charge in [0.05, 0.1) is 6.20 Å². The van der Waals surface area contributed by atoms with E-state index in [9.17, 15) is 0 Å². The molecule has 0 saturated heterocycles. The summed E-state index contributed by atoms with van der Waals surface area (Å²) in [5.41, 5.74) is 2.28. The van der Waals surface area contributed by atoms with Gasteiger partial charge in [-0.25, -0.2) is 0 Å². The molecule has 0 amide bonds. The Kier molecular flexibility index (Phi) is 10.4. The Morgan fingerprint density at radius 1 is 0.769 bits per heavy atom. The topological polar surface area (TPSA) is 49.8 Å². The van der Waals surface area contributed by atoms with Crippen molar-refractivity contribution in [2.45, 2.75) is 58.3 Å². The molecule has 0 saturated carbocycles. The summed E-state index contributed by atoms with van der Waals surface area (Å²) < 4.78 is 0. The molecular formula is C22H34N4. The van der Waals surface area contributed by atoms with Crippen LogP contribution in [0.25, 0.3) is 11.1 Å². The summed E-state index contributed by atoms with van der Waals surface area (Å²) in [4.78, 5) is 0. The predicted molar refractivity (Wildman–Crippen MR) is 111 cm³/mol. The van der Waals surface area contributed by atoms with E-state index in [1.165, 1.54) is 57.1 Å². The van der Waals surface area contributed by atoms with Gasteiger partial charge in [-0.2, -0.15) is 5.10 Å². The van der Waals surface area contributed by atoms with Crippen molar-refractivity contribution in [2.24, 2.45) is 0 Å². The zero-order valence-electron chi connectivity index (χ0n) is 16.2. The van der Waals surface area contributed by atoms with E-state index in [0.29, 0.717) is 0 Å². The second-order valence-electron chi connectivity index (χ2n) is 6.85. The van der Waals surface area contributed by atoms with E-state index in [-0.39, 0.29) is 0 Å². The molecule has 0 fully saturated rings. The minimum Gasteiger partial charge on any atom is -0.369 e. The van der Waals surface area contributed by atoms with Crippen molar-refractivity contribution in [3.8, 4) is 11.1 Å². The quantitative estimate of drug-likeness (QED) is 0.453. The average molecular weight is 355 g/mol. The molecule has 26 heavy (non-hydrogen) atoms. The van der Waals surface area contributed by atoms with Gasteiger partial charge in [0.25, 0.3) is 0 Å². The molecule has 0 bridgehead atoms. The summed E-state index contributed by atoms with van der Waals surface area (Å²) in [6.07, 6.45) is 12.2. The summed E-state index contributed by atoms with van der Waals surface area (Å²) >= 11 is 0. The fourth-order valence-electron chi connectivity index (χ4n) is 2.99. The van der Waals surface area contributed by atoms with E-state index in [0.717, 1.165) is 30.9 Å². The number of hydrogen-bond donors (Lipinski definition) is 2. The number of aromatic nitrogens is 2. The van der Waals surface area contributed by atoms with E-state index < -0.39 is 0 Å². The van der Waals surface area contributed by atoms with E-state index in [4.69, 9.17) is 0 Å². The molecule has 0 atom stereocenters. The SMILES string of the molecule is CCCCCCCNCCCCCNc1cc(-c2ccccc2)cnn1. The highest BCUT2D eigenvalue weighted by molar-refractivity contribution is 5.64. The number of benzene rings is 1. The molecule has 142 valence electrons. The van der Waals surface area contributed by atoms with Crippen LogP contribution in [0.1, 0.15) is 58.3 Å². The highest BCUT2D eigenvalue weighted by Gasteiger charge is 2.00. The van der Waals surface area contributed by atoms with Gasteiger partial charge < -0.3 is 10.6 Å². The monoisotopic (exact) mass is 354 g/mol. The molecule has 0 spiro atoms. The fourth-order valence-corrected chi connectivity index (χ4v) is 2.99. The summed E-state index contributed by atoms with van der Waals surface area (Å²) in [6, 6.07) is 12.4. The molecular weight excluding hydrogens is 320 g/mol. The lowest BCUT2D eigenvalue weighted by molar-refractivity contribution is 0.562. The van der Waals surface area contributed by atoms with Crippen molar-refractivity contribution in [1.82, 2.24) is 15.5 Å². The van der Waals surface area contributed by atoms with Gasteiger partial charge in [0.15, 0.2) is 0 Å². The van der Waals surface area contributed by atoms with Crippen LogP contribution in [-0.2, 0) is 0 Å². The maximum atomic E-state index is 4.18. The molecule has 2 rings (SSSR count). The zero-order valence-corrected chi connectivity index (χ0v) is 16.2. The van der Waals surface area contributed by atoms with Crippen molar-refractivity contribution in [1.29, 1.82) is 0 Å². The predicted octanol–water partition coefficient (Wildman–Crippen LogP) is 5.29. The van der Waals surface area contributed by atoms with Gasteiger partial charge in [0, 0.05) is 12.1 Å². The molecule has 4 heteroatoms. The summed E-state index contributed by atoms with van der Waals surface area (Å²) in [5.74, 6) is 0.858. The minimum atomic E-state index is 0.858. The van der Waals surface area contributed by atoms with E-state index in [2.05, 4.69) is 46.0 Å². The normalized spacial score (nSPS) is 10.8. The molecule has 1 heterocycles. The first kappa shape index (κ1) is 20.4. The Morgan fingerprint density at radius 2 is 1.46 bits per heavy atom. The standard InChI is InChI=1S/C22H34N4/c1-2-3-4-5-10-15-23-16-11-7-12-17-24-22-18-21(19-25-26-22)20-13-8-6-9-14-20/h6,8-9,13-14,18-19,23H,2-5,7,10-12,15-17H2,1H3,(H,24,26). The summed E-state index contributed by atoms with van der Waals surface area (Å²) in [7, 11) is 0. The van der Waals surface area contributed by atoms with Crippen LogP contribution in [0.2, 0.25) is 0 Å². The van der Waals surface area contributed by atoms with Crippen molar-refractivity contribution < 1.29 is 0 Å². The molecule has 1 aromatic carbocycles. The van der Waals surface area contributed by atoms with E-state index in [1.807, 2.05) is 24.4 Å². The molecule has 0 aliphatic rings. The first-order valence-corrected chi connectivity index (χ1v) is 10.2. The highest BCUT2D eigenvalue weighted by atomic mass is 15.2. The number of nitrogens with one attached hydrogen (secondary N) is 2. The van der Waals surface area contributed by atoms with Crippen LogP contribution in [-0.4, -0.2) is 29.8 Å². The van der Waals surface area contributed by atoms with Crippen LogP contribution in [0.15, 0.2) is 42.6 Å². The molecule has 0 unspecified atom stereocenters. The summed E-state index contributed by atoms with van der Waals surface area (Å²) in [6.45, 7) is 5.52. The van der Waals surface area contributed by atoms with E-state index >= 15 is 0 Å². The van der Waals surface area contributed by atoms with Gasteiger partial charge in [-0.15, -0.1) is 5.10 Å². The number of nitrogens with zero attached hydrogens (tertiary/aromatic N) is 2. The maximum Gasteiger partial charge on any atom is 0.149 e. The van der Waals surface area contributed by atoms with Crippen LogP contribution in [0, 0.1) is 0 Å². The Labute approximate surface area is 158 Å². The first-order valence-electron chi connectivity index (χ1n) is 10.2. The van der Waals surface area contributed by atoms with E-state index in [1.54, 1.807) is 0 Å². The van der Waals surface area contributed by atoms with Crippen molar-refractivity contribution in [3.63, 3.8) is 0 Å². The number of rotatable bonds is 14. The molecule has 0 aliphatic carbocycles. The lowest BCUT2D eigenvalue weighted by Gasteiger charge is -2.07. The highest BCUT2D eigenvalue weighted by Crippen LogP contribution is 2.19. The average Bonchev–Trinajstić information content (AvgIpc) is 2.70. The van der Waals surface area contributed by atoms with Crippen LogP contribution >= 0.6 is 0 Å². The van der Waals surface area contributed by atoms with Crippen LogP contribution in [0.5, 0.6) is 0 Å². The van der Waals surface area contributed by atoms with Gasteiger partial charge in [-0.1, -0.05) is 69.4 Å². The minimum absolute atomic E-state index is 0.858. The maximum absolute atomic E-state index is 4.18. The second-order valence-corrected chi connectivity index (χ2v) is 6.85. The number of unbranched alkanes of at least 4 members (excludes halogenated alkanes) is 6. The van der Waals surface area contributed by atoms with Gasteiger partial charge in [0.2, 0.25) is 0 Å². The van der Waals surface area contributed by atoms with Crippen molar-refractivity contribution in [3.05, 3.63) is 42.6 Å². The van der Waals surface area contributed by atoms with Crippen molar-refractivity contribution >= 4 is 5.82 Å². The fraction of sp³-hybridized carbons (Fsp3) is 0.545. The molecule has 4 nitrogen and oxygen atoms in total. The Morgan fingerprint density at radius 3 is 2.23 bits per heavy atom. The third-order valence-corrected chi connectivity index (χ3v) is 4.56. The molecule has 2 N–H and O–H groups in total. The lowest BCUT2D eigenvalue weighted by Crippen LogP contribution is -2.16. The largest absolute Gasteiger partial charge is 0.369 e. The van der Waals surface area contributed by atoms with Crippen LogP contribution in [0.4, 0.5) is 5.82 Å². The molecule has 1 aromatic heterocycles. The Balaban J connectivity index is 1.51. The van der Waals surface area contributed by atoms with Gasteiger partial charge in [-0.05, 0) is 44.0 Å². The first-order chi connectivity index (χ1) is 12.9. The molecule has 2 aromatic rings. The zero-order chi connectivity index (χ0) is 18.3. The summed E-state index contributed by atoms with van der Waals surface area (Å²) in [5, 5.41) is 15.2. The van der Waals surface area contributed by atoms with Crippen LogP contribution < -0.4 is 10.6 Å². The number of anilines is 1. The molecule has 0 radical (unpaired) electrons. The van der Waals surface area contributed by atoms with Gasteiger partial charge in [-0.3, -0.25) is 0 Å².